The molecule has 0 saturated carbocycles. The maximum Gasteiger partial charge on any atom is 0.0198 e. The molecule has 2 nitrogen and oxygen atoms in total. The lowest BCUT2D eigenvalue weighted by molar-refractivity contribution is 0.323. The Morgan fingerprint density at radius 3 is 2.18 bits per heavy atom. The van der Waals surface area contributed by atoms with Crippen LogP contribution >= 0.6 is 11.8 Å². The zero-order valence-electron chi connectivity index (χ0n) is 12.5. The maximum atomic E-state index is 3.49. The van der Waals surface area contributed by atoms with Gasteiger partial charge in [-0.05, 0) is 33.0 Å². The highest BCUT2D eigenvalue weighted by Crippen LogP contribution is 2.21. The fraction of sp³-hybridized carbons (Fsp3) is 1.00. The summed E-state index contributed by atoms with van der Waals surface area (Å²) in [7, 11) is 2.11. The van der Waals surface area contributed by atoms with Gasteiger partial charge < -0.3 is 10.2 Å². The minimum absolute atomic E-state index is 0.687. The quantitative estimate of drug-likeness (QED) is 0.614. The van der Waals surface area contributed by atoms with Gasteiger partial charge in [0.1, 0.15) is 0 Å². The standard InChI is InChI=1S/C14H32N2S/c1-6-10-13(15-5)14(7-2)17-12-11-16(8-3)9-4/h13-15H,6-12H2,1-5H3. The molecule has 0 aliphatic carbocycles. The van der Waals surface area contributed by atoms with E-state index in [4.69, 9.17) is 0 Å². The molecule has 0 fully saturated rings. The summed E-state index contributed by atoms with van der Waals surface area (Å²) in [5.74, 6) is 1.27. The summed E-state index contributed by atoms with van der Waals surface area (Å²) in [4.78, 5) is 2.51. The summed E-state index contributed by atoms with van der Waals surface area (Å²) in [5, 5.41) is 4.26. The minimum Gasteiger partial charge on any atom is -0.316 e. The molecular formula is C14H32N2S. The number of nitrogens with zero attached hydrogens (tertiary/aromatic N) is 1. The molecule has 104 valence electrons. The molecule has 0 aliphatic rings. The van der Waals surface area contributed by atoms with Gasteiger partial charge in [-0.2, -0.15) is 11.8 Å². The predicted molar refractivity (Wildman–Crippen MR) is 82.1 cm³/mol. The van der Waals surface area contributed by atoms with Crippen LogP contribution in [0, 0.1) is 0 Å². The van der Waals surface area contributed by atoms with Gasteiger partial charge >= 0.3 is 0 Å². The number of rotatable bonds is 11. The monoisotopic (exact) mass is 260 g/mol. The van der Waals surface area contributed by atoms with Gasteiger partial charge in [-0.3, -0.25) is 0 Å². The molecule has 0 aromatic carbocycles. The first-order valence-corrected chi connectivity index (χ1v) is 8.29. The average Bonchev–Trinajstić information content (AvgIpc) is 2.37. The Kier molecular flexibility index (Phi) is 11.5. The van der Waals surface area contributed by atoms with Crippen molar-refractivity contribution in [1.29, 1.82) is 0 Å². The van der Waals surface area contributed by atoms with Crippen LogP contribution in [0.1, 0.15) is 47.0 Å². The van der Waals surface area contributed by atoms with Crippen LogP contribution in [0.4, 0.5) is 0 Å². The largest absolute Gasteiger partial charge is 0.316 e. The van der Waals surface area contributed by atoms with Crippen molar-refractivity contribution in [2.24, 2.45) is 0 Å². The van der Waals surface area contributed by atoms with Crippen LogP contribution in [0.3, 0.4) is 0 Å². The number of thioether (sulfide) groups is 1. The molecule has 0 saturated heterocycles. The highest BCUT2D eigenvalue weighted by molar-refractivity contribution is 7.99. The zero-order valence-corrected chi connectivity index (χ0v) is 13.3. The molecule has 0 radical (unpaired) electrons. The molecule has 0 heterocycles. The molecule has 0 amide bonds. The van der Waals surface area contributed by atoms with Crippen LogP contribution in [0.2, 0.25) is 0 Å². The summed E-state index contributed by atoms with van der Waals surface area (Å²) in [6, 6.07) is 0.687. The first kappa shape index (κ1) is 17.3. The van der Waals surface area contributed by atoms with Crippen molar-refractivity contribution < 1.29 is 0 Å². The zero-order chi connectivity index (χ0) is 13.1. The van der Waals surface area contributed by atoms with Gasteiger partial charge in [0, 0.05) is 23.6 Å². The van der Waals surface area contributed by atoms with Crippen LogP contribution in [-0.4, -0.2) is 48.6 Å². The molecule has 0 rings (SSSR count). The first-order chi connectivity index (χ1) is 8.23. The summed E-state index contributed by atoms with van der Waals surface area (Å²) in [6.07, 6.45) is 3.85. The maximum absolute atomic E-state index is 3.49. The van der Waals surface area contributed by atoms with E-state index in [1.807, 2.05) is 0 Å². The SMILES string of the molecule is CCCC(NC)C(CC)SCCN(CC)CC. The molecular weight excluding hydrogens is 228 g/mol. The second kappa shape index (κ2) is 11.4. The lowest BCUT2D eigenvalue weighted by atomic mass is 10.1. The molecule has 2 unspecified atom stereocenters. The molecule has 1 N–H and O–H groups in total. The van der Waals surface area contributed by atoms with Gasteiger partial charge in [0.15, 0.2) is 0 Å². The van der Waals surface area contributed by atoms with Crippen LogP contribution in [0.25, 0.3) is 0 Å². The minimum atomic E-state index is 0.687. The van der Waals surface area contributed by atoms with Crippen molar-refractivity contribution in [3.8, 4) is 0 Å². The van der Waals surface area contributed by atoms with Crippen LogP contribution in [-0.2, 0) is 0 Å². The summed E-state index contributed by atoms with van der Waals surface area (Å²) < 4.78 is 0. The van der Waals surface area contributed by atoms with E-state index in [0.29, 0.717) is 6.04 Å². The molecule has 0 aliphatic heterocycles. The molecule has 0 bridgehead atoms. The Hall–Kier alpha value is 0.270. The Bertz CT molecular complexity index is 160. The van der Waals surface area contributed by atoms with Crippen LogP contribution in [0.15, 0.2) is 0 Å². The Labute approximate surface area is 113 Å². The molecule has 0 aromatic heterocycles. The smallest absolute Gasteiger partial charge is 0.0198 e. The Balaban J connectivity index is 3.94. The fourth-order valence-corrected chi connectivity index (χ4v) is 3.63. The van der Waals surface area contributed by atoms with Gasteiger partial charge in [-0.15, -0.1) is 0 Å². The van der Waals surface area contributed by atoms with Crippen LogP contribution in [0.5, 0.6) is 0 Å². The molecule has 3 heteroatoms. The topological polar surface area (TPSA) is 15.3 Å². The third-order valence-corrected chi connectivity index (χ3v) is 4.96. The predicted octanol–water partition coefficient (Wildman–Crippen LogP) is 3.23. The lowest BCUT2D eigenvalue weighted by Crippen LogP contribution is -2.36. The van der Waals surface area contributed by atoms with E-state index in [1.54, 1.807) is 0 Å². The summed E-state index contributed by atoms with van der Waals surface area (Å²) in [6.45, 7) is 12.7. The van der Waals surface area contributed by atoms with Crippen molar-refractivity contribution in [2.75, 3.05) is 32.4 Å². The van der Waals surface area contributed by atoms with Gasteiger partial charge in [-0.1, -0.05) is 34.1 Å². The number of hydrogen-bond donors (Lipinski definition) is 1. The third kappa shape index (κ3) is 7.32. The number of nitrogens with one attached hydrogen (secondary N) is 1. The van der Waals surface area contributed by atoms with E-state index in [0.717, 1.165) is 5.25 Å². The first-order valence-electron chi connectivity index (χ1n) is 7.24. The van der Waals surface area contributed by atoms with E-state index < -0.39 is 0 Å². The van der Waals surface area contributed by atoms with Gasteiger partial charge in [0.25, 0.3) is 0 Å². The molecule has 0 aromatic rings. The second-order valence-electron chi connectivity index (χ2n) is 4.53. The highest BCUT2D eigenvalue weighted by Gasteiger charge is 2.17. The normalized spacial score (nSPS) is 15.2. The molecule has 2 atom stereocenters. The Morgan fingerprint density at radius 2 is 1.76 bits per heavy atom. The van der Waals surface area contributed by atoms with Crippen molar-refractivity contribution >= 4 is 11.8 Å². The lowest BCUT2D eigenvalue weighted by Gasteiger charge is -2.26. The van der Waals surface area contributed by atoms with Gasteiger partial charge in [0.05, 0.1) is 0 Å². The van der Waals surface area contributed by atoms with Crippen molar-refractivity contribution in [2.45, 2.75) is 58.2 Å². The molecule has 0 spiro atoms. The summed E-state index contributed by atoms with van der Waals surface area (Å²) in [5.41, 5.74) is 0. The Morgan fingerprint density at radius 1 is 1.12 bits per heavy atom. The van der Waals surface area contributed by atoms with Gasteiger partial charge in [0.2, 0.25) is 0 Å². The van der Waals surface area contributed by atoms with E-state index in [2.05, 4.69) is 56.7 Å². The fourth-order valence-electron chi connectivity index (χ4n) is 2.22. The third-order valence-electron chi connectivity index (χ3n) is 3.46. The summed E-state index contributed by atoms with van der Waals surface area (Å²) >= 11 is 2.15. The van der Waals surface area contributed by atoms with Crippen LogP contribution < -0.4 is 5.32 Å². The highest BCUT2D eigenvalue weighted by atomic mass is 32.2. The number of hydrogen-bond acceptors (Lipinski definition) is 3. The van der Waals surface area contributed by atoms with Crippen molar-refractivity contribution in [1.82, 2.24) is 10.2 Å². The van der Waals surface area contributed by atoms with Crippen molar-refractivity contribution in [3.63, 3.8) is 0 Å². The van der Waals surface area contributed by atoms with Gasteiger partial charge in [-0.25, -0.2) is 0 Å². The van der Waals surface area contributed by atoms with Crippen molar-refractivity contribution in [3.05, 3.63) is 0 Å². The van der Waals surface area contributed by atoms with E-state index >= 15 is 0 Å². The van der Waals surface area contributed by atoms with E-state index in [1.165, 1.54) is 44.6 Å². The van der Waals surface area contributed by atoms with E-state index in [9.17, 15) is 0 Å². The van der Waals surface area contributed by atoms with E-state index in [-0.39, 0.29) is 0 Å². The second-order valence-corrected chi connectivity index (χ2v) is 5.88. The average molecular weight is 260 g/mol. The molecule has 17 heavy (non-hydrogen) atoms.